The van der Waals surface area contributed by atoms with Gasteiger partial charge in [-0.15, -0.1) is 0 Å². The summed E-state index contributed by atoms with van der Waals surface area (Å²) in [6, 6.07) is 4.17. The number of aromatic nitrogens is 1. The Morgan fingerprint density at radius 3 is 2.76 bits per heavy atom. The Kier molecular flexibility index (Phi) is 3.37. The summed E-state index contributed by atoms with van der Waals surface area (Å²) < 4.78 is 6.22. The van der Waals surface area contributed by atoms with Gasteiger partial charge in [-0.2, -0.15) is 0 Å². The lowest BCUT2D eigenvalue weighted by molar-refractivity contribution is -0.187. The molecule has 172 valence electrons. The molecule has 33 heavy (non-hydrogen) atoms. The molecule has 8 rings (SSSR count). The van der Waals surface area contributed by atoms with Gasteiger partial charge in [-0.25, -0.2) is 0 Å². The Hall–Kier alpha value is -2.76. The van der Waals surface area contributed by atoms with E-state index in [9.17, 15) is 9.59 Å². The summed E-state index contributed by atoms with van der Waals surface area (Å²) in [5.74, 6) is 1.14. The molecule has 4 fully saturated rings. The first kappa shape index (κ1) is 19.7. The standard InChI is InChI=1S/C27H31N3O3/c1-24(2)11-9-16-18(33-24)8-7-15-17-13-27-19(25(3,4)21(17)28-20(15)16)14-26(22(31)29-27)10-5-6-12-30(26)23(27)32/h7-9,11,19,28H,5-6,10,12-14H2,1-4H3,(H,29,31)/t19-,26+,27+/m1/s1. The van der Waals surface area contributed by atoms with Crippen LogP contribution in [0.15, 0.2) is 18.2 Å². The number of carbonyl (C=O) groups excluding carboxylic acids is 2. The van der Waals surface area contributed by atoms with Gasteiger partial charge in [-0.05, 0) is 69.4 Å². The molecule has 2 N–H and O–H groups in total. The van der Waals surface area contributed by atoms with Crippen molar-refractivity contribution in [1.82, 2.24) is 15.2 Å². The lowest BCUT2D eigenvalue weighted by Gasteiger charge is -2.66. The highest BCUT2D eigenvalue weighted by Crippen LogP contribution is 2.59. The van der Waals surface area contributed by atoms with Crippen LogP contribution >= 0.6 is 0 Å². The van der Waals surface area contributed by atoms with E-state index in [1.807, 2.05) is 11.0 Å². The van der Waals surface area contributed by atoms with Crippen LogP contribution in [0.25, 0.3) is 17.0 Å². The third-order valence-corrected chi connectivity index (χ3v) is 9.34. The molecular formula is C27H31N3O3. The second-order valence-corrected chi connectivity index (χ2v) is 11.9. The Bertz CT molecular complexity index is 1300. The molecule has 6 nitrogen and oxygen atoms in total. The van der Waals surface area contributed by atoms with Crippen molar-refractivity contribution in [1.29, 1.82) is 0 Å². The second-order valence-electron chi connectivity index (χ2n) is 11.9. The van der Waals surface area contributed by atoms with E-state index in [4.69, 9.17) is 4.74 Å². The van der Waals surface area contributed by atoms with E-state index < -0.39 is 11.1 Å². The zero-order valence-electron chi connectivity index (χ0n) is 19.8. The zero-order valence-corrected chi connectivity index (χ0v) is 19.8. The number of H-pyrrole nitrogens is 1. The Labute approximate surface area is 193 Å². The van der Waals surface area contributed by atoms with E-state index in [1.54, 1.807) is 0 Å². The van der Waals surface area contributed by atoms with Gasteiger partial charge < -0.3 is 19.9 Å². The van der Waals surface area contributed by atoms with Crippen molar-refractivity contribution in [3.05, 3.63) is 35.0 Å². The summed E-state index contributed by atoms with van der Waals surface area (Å²) in [5.41, 5.74) is 2.36. The summed E-state index contributed by atoms with van der Waals surface area (Å²) >= 11 is 0. The molecule has 1 aliphatic carbocycles. The van der Waals surface area contributed by atoms with Crippen molar-refractivity contribution in [2.75, 3.05) is 6.54 Å². The largest absolute Gasteiger partial charge is 0.483 e. The van der Waals surface area contributed by atoms with Crippen LogP contribution in [0, 0.1) is 5.92 Å². The van der Waals surface area contributed by atoms with Gasteiger partial charge >= 0.3 is 0 Å². The number of amides is 2. The maximum atomic E-state index is 14.0. The third kappa shape index (κ3) is 2.16. The van der Waals surface area contributed by atoms with E-state index >= 15 is 0 Å². The number of hydrogen-bond acceptors (Lipinski definition) is 3. The predicted octanol–water partition coefficient (Wildman–Crippen LogP) is 3.83. The fraction of sp³-hybridized carbons (Fsp3) is 0.556. The minimum atomic E-state index is -0.855. The highest BCUT2D eigenvalue weighted by atomic mass is 16.5. The van der Waals surface area contributed by atoms with Crippen molar-refractivity contribution in [3.63, 3.8) is 0 Å². The number of aromatic amines is 1. The van der Waals surface area contributed by atoms with Gasteiger partial charge in [-0.1, -0.05) is 13.8 Å². The number of piperazine rings is 1. The second kappa shape index (κ2) is 5.65. The van der Waals surface area contributed by atoms with Crippen LogP contribution in [0.3, 0.4) is 0 Å². The van der Waals surface area contributed by atoms with Crippen molar-refractivity contribution in [2.45, 2.75) is 81.9 Å². The maximum absolute atomic E-state index is 14.0. The number of carbonyl (C=O) groups is 2. The van der Waals surface area contributed by atoms with E-state index in [2.05, 4.69) is 56.2 Å². The Morgan fingerprint density at radius 2 is 1.94 bits per heavy atom. The average Bonchev–Trinajstić information content (AvgIpc) is 3.13. The Morgan fingerprint density at radius 1 is 1.12 bits per heavy atom. The van der Waals surface area contributed by atoms with Gasteiger partial charge in [0.25, 0.3) is 0 Å². The lowest BCUT2D eigenvalue weighted by Crippen LogP contribution is -2.86. The minimum absolute atomic E-state index is 0.0617. The molecule has 1 aromatic heterocycles. The van der Waals surface area contributed by atoms with E-state index in [1.165, 1.54) is 5.69 Å². The molecule has 5 aliphatic heterocycles. The monoisotopic (exact) mass is 445 g/mol. The molecular weight excluding hydrogens is 414 g/mol. The topological polar surface area (TPSA) is 74.4 Å². The van der Waals surface area contributed by atoms with Gasteiger partial charge in [0.05, 0.1) is 5.52 Å². The number of piperidine rings is 3. The van der Waals surface area contributed by atoms with Gasteiger partial charge in [0.15, 0.2) is 0 Å². The number of ether oxygens (including phenoxy) is 1. The first-order valence-electron chi connectivity index (χ1n) is 12.3. The summed E-state index contributed by atoms with van der Waals surface area (Å²) in [6.07, 6.45) is 8.31. The van der Waals surface area contributed by atoms with Crippen LogP contribution in [-0.4, -0.2) is 44.9 Å². The molecule has 6 heteroatoms. The molecule has 2 amide bonds. The van der Waals surface area contributed by atoms with Gasteiger partial charge in [-0.3, -0.25) is 9.59 Å². The van der Waals surface area contributed by atoms with Crippen molar-refractivity contribution < 1.29 is 14.3 Å². The van der Waals surface area contributed by atoms with Crippen molar-refractivity contribution in [3.8, 4) is 5.75 Å². The smallest absolute Gasteiger partial charge is 0.249 e. The molecule has 0 saturated carbocycles. The fourth-order valence-corrected chi connectivity index (χ4v) is 7.71. The molecule has 0 radical (unpaired) electrons. The van der Waals surface area contributed by atoms with Crippen molar-refractivity contribution in [2.24, 2.45) is 5.92 Å². The normalized spacial score (nSPS) is 34.8. The first-order chi connectivity index (χ1) is 15.6. The van der Waals surface area contributed by atoms with E-state index in [-0.39, 0.29) is 28.7 Å². The molecule has 1 aromatic carbocycles. The number of fused-ring (bicyclic) bond motifs is 6. The summed E-state index contributed by atoms with van der Waals surface area (Å²) in [7, 11) is 0. The highest BCUT2D eigenvalue weighted by molar-refractivity contribution is 6.06. The average molecular weight is 446 g/mol. The number of hydrogen-bond donors (Lipinski definition) is 2. The molecule has 3 atom stereocenters. The van der Waals surface area contributed by atoms with Gasteiger partial charge in [0.2, 0.25) is 11.8 Å². The van der Waals surface area contributed by atoms with Crippen LogP contribution in [-0.2, 0) is 21.4 Å². The van der Waals surface area contributed by atoms with Crippen molar-refractivity contribution >= 4 is 28.8 Å². The van der Waals surface area contributed by atoms with Gasteiger partial charge in [0, 0.05) is 40.9 Å². The summed E-state index contributed by atoms with van der Waals surface area (Å²) in [5, 5.41) is 4.44. The van der Waals surface area contributed by atoms with Gasteiger partial charge in [0.1, 0.15) is 22.4 Å². The van der Waals surface area contributed by atoms with Crippen LogP contribution in [0.4, 0.5) is 0 Å². The zero-order chi connectivity index (χ0) is 23.0. The predicted molar refractivity (Wildman–Crippen MR) is 126 cm³/mol. The molecule has 2 bridgehead atoms. The summed E-state index contributed by atoms with van der Waals surface area (Å²) in [4.78, 5) is 33.2. The highest BCUT2D eigenvalue weighted by Gasteiger charge is 2.72. The third-order valence-electron chi connectivity index (χ3n) is 9.34. The van der Waals surface area contributed by atoms with E-state index in [0.29, 0.717) is 13.0 Å². The number of benzene rings is 1. The van der Waals surface area contributed by atoms with Crippen LogP contribution in [0.5, 0.6) is 5.75 Å². The first-order valence-corrected chi connectivity index (χ1v) is 12.3. The number of nitrogens with zero attached hydrogens (tertiary/aromatic N) is 1. The van der Waals surface area contributed by atoms with Crippen LogP contribution in [0.2, 0.25) is 0 Å². The lowest BCUT2D eigenvalue weighted by atomic mass is 9.50. The Balaban J connectivity index is 1.45. The molecule has 2 spiro atoms. The van der Waals surface area contributed by atoms with Crippen LogP contribution in [0.1, 0.15) is 70.2 Å². The molecule has 4 saturated heterocycles. The summed E-state index contributed by atoms with van der Waals surface area (Å²) in [6.45, 7) is 9.31. The minimum Gasteiger partial charge on any atom is -0.483 e. The number of nitrogens with one attached hydrogen (secondary N) is 2. The SMILES string of the molecule is CC1(C)C=Cc2c(ccc3c4c([nH]c23)C(C)(C)[C@H]2C[C@]35CCCCN3C(=O)[C@@]2(C4)NC5=O)O1. The van der Waals surface area contributed by atoms with Crippen LogP contribution < -0.4 is 10.1 Å². The molecule has 6 aliphatic rings. The maximum Gasteiger partial charge on any atom is 0.249 e. The number of rotatable bonds is 0. The van der Waals surface area contributed by atoms with E-state index in [0.717, 1.165) is 53.5 Å². The molecule has 0 unspecified atom stereocenters. The fourth-order valence-electron chi connectivity index (χ4n) is 7.71. The molecule has 6 heterocycles. The quantitative estimate of drug-likeness (QED) is 0.647. The molecule has 2 aromatic rings.